The molecule has 0 unspecified atom stereocenters. The fraction of sp³-hybridized carbons (Fsp3) is 0.259. The summed E-state index contributed by atoms with van der Waals surface area (Å²) in [5.41, 5.74) is 1.46. The minimum absolute atomic E-state index is 0.0332. The van der Waals surface area contributed by atoms with Gasteiger partial charge in [-0.3, -0.25) is 9.59 Å². The Kier molecular flexibility index (Phi) is 10.5. The van der Waals surface area contributed by atoms with Gasteiger partial charge in [-0.1, -0.05) is 71.2 Å². The number of hydrogen-bond donors (Lipinski definition) is 1. The Labute approximate surface area is 234 Å². The van der Waals surface area contributed by atoms with E-state index in [4.69, 9.17) is 39.5 Å². The van der Waals surface area contributed by atoms with Crippen molar-refractivity contribution in [3.05, 3.63) is 97.4 Å². The summed E-state index contributed by atoms with van der Waals surface area (Å²) in [5.74, 6) is -0.222. The van der Waals surface area contributed by atoms with E-state index in [1.807, 2.05) is 44.2 Å². The zero-order valence-corrected chi connectivity index (χ0v) is 23.7. The number of carbonyl (C=O) groups is 2. The maximum absolute atomic E-state index is 13.6. The van der Waals surface area contributed by atoms with Crippen molar-refractivity contribution in [2.24, 2.45) is 0 Å². The van der Waals surface area contributed by atoms with Gasteiger partial charge in [0.15, 0.2) is 6.61 Å². The third-order valence-electron chi connectivity index (χ3n) is 5.34. The molecule has 36 heavy (non-hydrogen) atoms. The van der Waals surface area contributed by atoms with Gasteiger partial charge in [-0.15, -0.1) is 0 Å². The summed E-state index contributed by atoms with van der Waals surface area (Å²) in [6.45, 7) is 3.47. The summed E-state index contributed by atoms with van der Waals surface area (Å²) in [6, 6.07) is 18.7. The van der Waals surface area contributed by atoms with Crippen LogP contribution in [0.3, 0.4) is 0 Å². The lowest BCUT2D eigenvalue weighted by molar-refractivity contribution is -0.143. The molecule has 0 aliphatic carbocycles. The van der Waals surface area contributed by atoms with Crippen LogP contribution in [0.5, 0.6) is 5.75 Å². The smallest absolute Gasteiger partial charge is 0.261 e. The zero-order chi connectivity index (χ0) is 26.2. The van der Waals surface area contributed by atoms with Crippen molar-refractivity contribution in [2.75, 3.05) is 6.61 Å². The number of benzene rings is 3. The molecule has 3 aromatic carbocycles. The van der Waals surface area contributed by atoms with E-state index in [-0.39, 0.29) is 25.1 Å². The van der Waals surface area contributed by atoms with Crippen molar-refractivity contribution in [2.45, 2.75) is 38.9 Å². The van der Waals surface area contributed by atoms with Crippen LogP contribution >= 0.6 is 50.7 Å². The van der Waals surface area contributed by atoms with Gasteiger partial charge in [-0.2, -0.15) is 0 Å². The predicted molar refractivity (Wildman–Crippen MR) is 149 cm³/mol. The third kappa shape index (κ3) is 7.87. The molecule has 0 aliphatic rings. The molecule has 0 aliphatic heterocycles. The Morgan fingerprint density at radius 2 is 1.64 bits per heavy atom. The highest BCUT2D eigenvalue weighted by atomic mass is 79.9. The monoisotopic (exact) mass is 610 g/mol. The summed E-state index contributed by atoms with van der Waals surface area (Å²) in [6.07, 6.45) is 0.303. The first kappa shape index (κ1) is 28.3. The van der Waals surface area contributed by atoms with E-state index in [0.717, 1.165) is 5.56 Å². The molecule has 3 aromatic rings. The van der Waals surface area contributed by atoms with Gasteiger partial charge in [0, 0.05) is 39.6 Å². The van der Waals surface area contributed by atoms with Crippen LogP contribution in [0.15, 0.2) is 71.2 Å². The highest BCUT2D eigenvalue weighted by molar-refractivity contribution is 9.10. The van der Waals surface area contributed by atoms with Gasteiger partial charge < -0.3 is 15.0 Å². The van der Waals surface area contributed by atoms with Crippen molar-refractivity contribution in [1.82, 2.24) is 10.2 Å². The summed E-state index contributed by atoms with van der Waals surface area (Å²) >= 11 is 22.3. The van der Waals surface area contributed by atoms with Crippen LogP contribution in [-0.2, 0) is 22.6 Å². The van der Waals surface area contributed by atoms with Gasteiger partial charge in [0.1, 0.15) is 11.8 Å². The number of ether oxygens (including phenoxy) is 1. The second kappa shape index (κ2) is 13.3. The third-order valence-corrected chi connectivity index (χ3v) is 6.90. The van der Waals surface area contributed by atoms with Crippen molar-refractivity contribution >= 4 is 62.5 Å². The predicted octanol–water partition coefficient (Wildman–Crippen LogP) is 6.95. The molecule has 2 amide bonds. The lowest BCUT2D eigenvalue weighted by atomic mass is 10.0. The fourth-order valence-electron chi connectivity index (χ4n) is 3.60. The van der Waals surface area contributed by atoms with Crippen LogP contribution in [-0.4, -0.2) is 35.4 Å². The molecule has 1 N–H and O–H groups in total. The molecular formula is C27H26BrCl3N2O3. The second-order valence-electron chi connectivity index (χ2n) is 8.45. The van der Waals surface area contributed by atoms with Gasteiger partial charge in [-0.05, 0) is 65.7 Å². The molecule has 0 radical (unpaired) electrons. The molecule has 0 saturated heterocycles. The molecule has 0 fully saturated rings. The number of nitrogens with zero attached hydrogens (tertiary/aromatic N) is 1. The Balaban J connectivity index is 1.97. The Bertz CT molecular complexity index is 1190. The summed E-state index contributed by atoms with van der Waals surface area (Å²) < 4.78 is 6.41. The lowest BCUT2D eigenvalue weighted by Gasteiger charge is -2.32. The molecule has 190 valence electrons. The molecule has 0 heterocycles. The van der Waals surface area contributed by atoms with Gasteiger partial charge in [0.25, 0.3) is 5.91 Å². The highest BCUT2D eigenvalue weighted by Gasteiger charge is 2.32. The maximum atomic E-state index is 13.6. The van der Waals surface area contributed by atoms with E-state index < -0.39 is 11.9 Å². The molecule has 0 saturated carbocycles. The largest absolute Gasteiger partial charge is 0.483 e. The van der Waals surface area contributed by atoms with Crippen LogP contribution in [0.25, 0.3) is 0 Å². The van der Waals surface area contributed by atoms with Crippen molar-refractivity contribution < 1.29 is 14.3 Å². The zero-order valence-electron chi connectivity index (χ0n) is 19.8. The summed E-state index contributed by atoms with van der Waals surface area (Å²) in [7, 11) is 0. The van der Waals surface area contributed by atoms with Crippen molar-refractivity contribution in [3.8, 4) is 5.75 Å². The Hall–Kier alpha value is -2.25. The first-order chi connectivity index (χ1) is 17.2. The molecule has 5 nitrogen and oxygen atoms in total. The summed E-state index contributed by atoms with van der Waals surface area (Å²) in [5, 5.41) is 4.29. The minimum Gasteiger partial charge on any atom is -0.483 e. The Morgan fingerprint density at radius 3 is 2.25 bits per heavy atom. The van der Waals surface area contributed by atoms with Crippen LogP contribution < -0.4 is 10.1 Å². The molecular weight excluding hydrogens is 587 g/mol. The maximum Gasteiger partial charge on any atom is 0.261 e. The van der Waals surface area contributed by atoms with E-state index in [1.165, 1.54) is 4.90 Å². The number of amides is 2. The molecule has 3 rings (SSSR count). The first-order valence-corrected chi connectivity index (χ1v) is 13.2. The van der Waals surface area contributed by atoms with Crippen LogP contribution in [0.1, 0.15) is 25.0 Å². The fourth-order valence-corrected chi connectivity index (χ4v) is 4.92. The Morgan fingerprint density at radius 1 is 0.972 bits per heavy atom. The number of carbonyl (C=O) groups excluding carboxylic acids is 2. The number of rotatable bonds is 10. The standard InChI is InChI=1S/C27H26BrCl3N2O3/c1-17(2)32-27(35)24(13-18-7-4-3-5-8-18)33(15-20-22(30)9-6-10-23(20)31)26(34)16-36-25-12-11-19(29)14-21(25)28/h3-12,14,17,24H,13,15-16H2,1-2H3,(H,32,35)/t24-/m1/s1. The second-order valence-corrected chi connectivity index (χ2v) is 10.6. The van der Waals surface area contributed by atoms with Crippen molar-refractivity contribution in [3.63, 3.8) is 0 Å². The molecule has 0 spiro atoms. The SMILES string of the molecule is CC(C)NC(=O)[C@@H](Cc1ccccc1)N(Cc1c(Cl)cccc1Cl)C(=O)COc1ccc(Cl)cc1Br. The number of nitrogens with one attached hydrogen (secondary N) is 1. The molecule has 0 bridgehead atoms. The highest BCUT2D eigenvalue weighted by Crippen LogP contribution is 2.29. The molecule has 1 atom stereocenters. The van der Waals surface area contributed by atoms with Gasteiger partial charge >= 0.3 is 0 Å². The van der Waals surface area contributed by atoms with E-state index in [1.54, 1.807) is 36.4 Å². The van der Waals surface area contributed by atoms with E-state index in [0.29, 0.717) is 37.3 Å². The van der Waals surface area contributed by atoms with Gasteiger partial charge in [0.2, 0.25) is 5.91 Å². The van der Waals surface area contributed by atoms with E-state index in [2.05, 4.69) is 21.2 Å². The van der Waals surface area contributed by atoms with Crippen molar-refractivity contribution in [1.29, 1.82) is 0 Å². The summed E-state index contributed by atoms with van der Waals surface area (Å²) in [4.78, 5) is 28.5. The van der Waals surface area contributed by atoms with Gasteiger partial charge in [-0.25, -0.2) is 0 Å². The topological polar surface area (TPSA) is 58.6 Å². The molecule has 9 heteroatoms. The van der Waals surface area contributed by atoms with Crippen LogP contribution in [0.4, 0.5) is 0 Å². The van der Waals surface area contributed by atoms with Crippen LogP contribution in [0.2, 0.25) is 15.1 Å². The van der Waals surface area contributed by atoms with Gasteiger partial charge in [0.05, 0.1) is 4.47 Å². The molecule has 0 aromatic heterocycles. The quantitative estimate of drug-likeness (QED) is 0.270. The van der Waals surface area contributed by atoms with E-state index >= 15 is 0 Å². The normalized spacial score (nSPS) is 11.8. The minimum atomic E-state index is -0.827. The number of halogens is 4. The number of hydrogen-bond acceptors (Lipinski definition) is 3. The average molecular weight is 613 g/mol. The lowest BCUT2D eigenvalue weighted by Crippen LogP contribution is -2.52. The first-order valence-electron chi connectivity index (χ1n) is 11.3. The van der Waals surface area contributed by atoms with E-state index in [9.17, 15) is 9.59 Å². The van der Waals surface area contributed by atoms with Crippen LogP contribution in [0, 0.1) is 0 Å². The average Bonchev–Trinajstić information content (AvgIpc) is 2.82.